The van der Waals surface area contributed by atoms with Gasteiger partial charge in [0, 0.05) is 18.5 Å². The molecule has 0 atom stereocenters. The summed E-state index contributed by atoms with van der Waals surface area (Å²) in [6, 6.07) is 9.98. The van der Waals surface area contributed by atoms with Crippen molar-refractivity contribution in [2.45, 2.75) is 24.2 Å². The second-order valence-electron chi connectivity index (χ2n) is 6.43. The van der Waals surface area contributed by atoms with Crippen LogP contribution in [0.2, 0.25) is 0 Å². The van der Waals surface area contributed by atoms with E-state index in [2.05, 4.69) is 10.3 Å². The monoisotopic (exact) mass is 417 g/mol. The molecule has 1 aromatic carbocycles. The first-order valence-corrected chi connectivity index (χ1v) is 11.3. The van der Waals surface area contributed by atoms with Crippen molar-refractivity contribution in [3.63, 3.8) is 0 Å². The summed E-state index contributed by atoms with van der Waals surface area (Å²) in [6.45, 7) is 1.01. The van der Waals surface area contributed by atoms with Crippen molar-refractivity contribution in [1.82, 2.24) is 9.29 Å². The molecule has 0 radical (unpaired) electrons. The van der Waals surface area contributed by atoms with E-state index < -0.39 is 15.9 Å². The first-order valence-electron chi connectivity index (χ1n) is 8.95. The molecule has 0 aliphatic carbocycles. The fraction of sp³-hybridized carbons (Fsp3) is 0.263. The van der Waals surface area contributed by atoms with Crippen LogP contribution >= 0.6 is 11.3 Å². The van der Waals surface area contributed by atoms with Gasteiger partial charge in [0.25, 0.3) is 5.91 Å². The van der Waals surface area contributed by atoms with Gasteiger partial charge in [-0.05, 0) is 37.1 Å². The number of anilines is 1. The Morgan fingerprint density at radius 1 is 1.11 bits per heavy atom. The Morgan fingerprint density at radius 2 is 1.89 bits per heavy atom. The van der Waals surface area contributed by atoms with E-state index in [0.29, 0.717) is 23.9 Å². The quantitative estimate of drug-likeness (QED) is 0.681. The summed E-state index contributed by atoms with van der Waals surface area (Å²) in [7, 11) is -3.66. The number of para-hydroxylation sites is 1. The minimum absolute atomic E-state index is 0.103. The molecule has 0 saturated carbocycles. The van der Waals surface area contributed by atoms with Gasteiger partial charge in [-0.25, -0.2) is 13.4 Å². The zero-order valence-corrected chi connectivity index (χ0v) is 16.6. The summed E-state index contributed by atoms with van der Waals surface area (Å²) in [5.74, 6) is 0.118. The highest BCUT2D eigenvalue weighted by atomic mass is 32.2. The van der Waals surface area contributed by atoms with Crippen LogP contribution < -0.4 is 5.32 Å². The molecular formula is C19H19N3O4S2. The Hall–Kier alpha value is -2.49. The molecule has 28 heavy (non-hydrogen) atoms. The lowest BCUT2D eigenvalue weighted by atomic mass is 10.2. The number of rotatable bonds is 5. The van der Waals surface area contributed by atoms with Gasteiger partial charge < -0.3 is 9.73 Å². The van der Waals surface area contributed by atoms with Gasteiger partial charge in [-0.1, -0.05) is 18.6 Å². The van der Waals surface area contributed by atoms with E-state index in [0.717, 1.165) is 19.3 Å². The maximum atomic E-state index is 13.0. The zero-order valence-electron chi connectivity index (χ0n) is 15.0. The molecule has 9 heteroatoms. The number of piperidine rings is 1. The van der Waals surface area contributed by atoms with Crippen molar-refractivity contribution in [2.24, 2.45) is 0 Å². The number of nitrogens with one attached hydrogen (secondary N) is 1. The van der Waals surface area contributed by atoms with Crippen molar-refractivity contribution in [1.29, 1.82) is 0 Å². The molecule has 1 fully saturated rings. The number of carbonyl (C=O) groups excluding carboxylic acids is 1. The molecular weight excluding hydrogens is 398 g/mol. The number of thiazole rings is 1. The van der Waals surface area contributed by atoms with Gasteiger partial charge in [-0.3, -0.25) is 4.79 Å². The van der Waals surface area contributed by atoms with E-state index >= 15 is 0 Å². The van der Waals surface area contributed by atoms with Gasteiger partial charge in [0.2, 0.25) is 10.0 Å². The molecule has 0 unspecified atom stereocenters. The Labute approximate surface area is 167 Å². The van der Waals surface area contributed by atoms with Crippen LogP contribution in [0.4, 0.5) is 5.69 Å². The van der Waals surface area contributed by atoms with Crippen molar-refractivity contribution in [3.8, 4) is 10.8 Å². The number of carbonyl (C=O) groups is 1. The minimum Gasteiger partial charge on any atom is -0.462 e. The number of furan rings is 1. The zero-order chi connectivity index (χ0) is 19.6. The molecule has 2 aromatic heterocycles. The molecule has 1 aliphatic rings. The van der Waals surface area contributed by atoms with Crippen molar-refractivity contribution in [2.75, 3.05) is 18.4 Å². The predicted molar refractivity (Wildman–Crippen MR) is 107 cm³/mol. The lowest BCUT2D eigenvalue weighted by molar-refractivity contribution is 0.102. The van der Waals surface area contributed by atoms with E-state index in [4.69, 9.17) is 4.42 Å². The topological polar surface area (TPSA) is 92.5 Å². The number of aromatic nitrogens is 1. The standard InChI is InChI=1S/C19H19N3O4S2/c23-18(15-13-27-19(21-15)16-8-6-12-26-16)20-14-7-2-3-9-17(14)28(24,25)22-10-4-1-5-11-22/h2-3,6-9,12-13H,1,4-5,10-11H2,(H,20,23). The van der Waals surface area contributed by atoms with E-state index in [1.54, 1.807) is 35.7 Å². The molecule has 7 nitrogen and oxygen atoms in total. The first kappa shape index (κ1) is 18.9. The molecule has 3 heterocycles. The summed E-state index contributed by atoms with van der Waals surface area (Å²) in [6.07, 6.45) is 4.27. The molecule has 1 N–H and O–H groups in total. The first-order chi connectivity index (χ1) is 13.6. The summed E-state index contributed by atoms with van der Waals surface area (Å²) in [5, 5.41) is 4.91. The van der Waals surface area contributed by atoms with Gasteiger partial charge in [-0.15, -0.1) is 11.3 Å². The Bertz CT molecular complexity index is 1070. The number of nitrogens with zero attached hydrogens (tertiary/aromatic N) is 2. The summed E-state index contributed by atoms with van der Waals surface area (Å²) in [5.41, 5.74) is 0.465. The molecule has 0 spiro atoms. The summed E-state index contributed by atoms with van der Waals surface area (Å²) in [4.78, 5) is 17.0. The van der Waals surface area contributed by atoms with Gasteiger partial charge in [0.1, 0.15) is 10.6 Å². The molecule has 1 saturated heterocycles. The molecule has 1 aliphatic heterocycles. The lowest BCUT2D eigenvalue weighted by Crippen LogP contribution is -2.36. The highest BCUT2D eigenvalue weighted by molar-refractivity contribution is 7.89. The second kappa shape index (κ2) is 7.86. The number of sulfonamides is 1. The largest absolute Gasteiger partial charge is 0.462 e. The molecule has 0 bridgehead atoms. The van der Waals surface area contributed by atoms with Crippen LogP contribution in [-0.2, 0) is 10.0 Å². The van der Waals surface area contributed by atoms with Crippen LogP contribution in [0.15, 0.2) is 57.4 Å². The van der Waals surface area contributed by atoms with Gasteiger partial charge in [-0.2, -0.15) is 4.31 Å². The number of amides is 1. The van der Waals surface area contributed by atoms with Crippen molar-refractivity contribution >= 4 is 33.0 Å². The maximum Gasteiger partial charge on any atom is 0.275 e. The van der Waals surface area contributed by atoms with E-state index in [1.807, 2.05) is 0 Å². The van der Waals surface area contributed by atoms with Crippen LogP contribution in [-0.4, -0.2) is 36.7 Å². The SMILES string of the molecule is O=C(Nc1ccccc1S(=O)(=O)N1CCCCC1)c1csc(-c2ccco2)n1. The van der Waals surface area contributed by atoms with Crippen molar-refractivity contribution < 1.29 is 17.6 Å². The van der Waals surface area contributed by atoms with Crippen LogP contribution in [0, 0.1) is 0 Å². The lowest BCUT2D eigenvalue weighted by Gasteiger charge is -2.26. The van der Waals surface area contributed by atoms with Crippen LogP contribution in [0.25, 0.3) is 10.8 Å². The maximum absolute atomic E-state index is 13.0. The highest BCUT2D eigenvalue weighted by Gasteiger charge is 2.28. The molecule has 146 valence electrons. The Kier molecular flexibility index (Phi) is 5.29. The van der Waals surface area contributed by atoms with Gasteiger partial charge >= 0.3 is 0 Å². The average molecular weight is 418 g/mol. The summed E-state index contributed by atoms with van der Waals surface area (Å²) < 4.78 is 32.8. The average Bonchev–Trinajstić information content (AvgIpc) is 3.41. The van der Waals surface area contributed by atoms with Crippen LogP contribution in [0.5, 0.6) is 0 Å². The molecule has 3 aromatic rings. The summed E-state index contributed by atoms with van der Waals surface area (Å²) >= 11 is 1.29. The van der Waals surface area contributed by atoms with E-state index in [1.165, 1.54) is 28.0 Å². The number of benzene rings is 1. The van der Waals surface area contributed by atoms with Crippen LogP contribution in [0.1, 0.15) is 29.8 Å². The fourth-order valence-corrected chi connectivity index (χ4v) is 5.55. The van der Waals surface area contributed by atoms with Gasteiger partial charge in [0.05, 0.1) is 12.0 Å². The Balaban J connectivity index is 1.58. The Morgan fingerprint density at radius 3 is 2.64 bits per heavy atom. The molecule has 4 rings (SSSR count). The third kappa shape index (κ3) is 3.73. The fourth-order valence-electron chi connectivity index (χ4n) is 3.12. The minimum atomic E-state index is -3.66. The smallest absolute Gasteiger partial charge is 0.275 e. The third-order valence-corrected chi connectivity index (χ3v) is 7.35. The number of hydrogen-bond acceptors (Lipinski definition) is 6. The van der Waals surface area contributed by atoms with E-state index in [9.17, 15) is 13.2 Å². The normalized spacial score (nSPS) is 15.4. The highest BCUT2D eigenvalue weighted by Crippen LogP contribution is 2.28. The number of hydrogen-bond donors (Lipinski definition) is 1. The van der Waals surface area contributed by atoms with E-state index in [-0.39, 0.29) is 16.3 Å². The van der Waals surface area contributed by atoms with Gasteiger partial charge in [0.15, 0.2) is 10.8 Å². The van der Waals surface area contributed by atoms with Crippen LogP contribution in [0.3, 0.4) is 0 Å². The van der Waals surface area contributed by atoms with Crippen molar-refractivity contribution in [3.05, 3.63) is 53.7 Å². The third-order valence-electron chi connectivity index (χ3n) is 4.54. The molecule has 1 amide bonds. The predicted octanol–water partition coefficient (Wildman–Crippen LogP) is 3.83. The second-order valence-corrected chi connectivity index (χ2v) is 9.19.